The van der Waals surface area contributed by atoms with Gasteiger partial charge in [0, 0.05) is 30.4 Å². The number of imidazole rings is 1. The zero-order valence-electron chi connectivity index (χ0n) is 18.9. The highest BCUT2D eigenvalue weighted by Crippen LogP contribution is 2.39. The smallest absolute Gasteiger partial charge is 0.294 e. The molecule has 5 heterocycles. The second-order valence-corrected chi connectivity index (χ2v) is 9.86. The van der Waals surface area contributed by atoms with Crippen molar-refractivity contribution < 1.29 is 27.8 Å². The van der Waals surface area contributed by atoms with Crippen molar-refractivity contribution in [3.8, 4) is 28.1 Å². The standard InChI is InChI=1S/C23H21FN4O5S2/c1-29-14-7-17(32-11-13-12-34-20(25-13)23(24)3-5-31-6-4-23)15-9-19(33-18(15)8-14)16-10-28-21(26-16)35-22(27-28)30-2/h7-10,12H,3-6,11H2,1-2H3. The van der Waals surface area contributed by atoms with Crippen LogP contribution in [0.4, 0.5) is 4.39 Å². The van der Waals surface area contributed by atoms with E-state index in [1.165, 1.54) is 22.7 Å². The van der Waals surface area contributed by atoms with Crippen molar-refractivity contribution in [2.24, 2.45) is 0 Å². The predicted molar refractivity (Wildman–Crippen MR) is 128 cm³/mol. The molecule has 5 aromatic rings. The molecule has 0 N–H and O–H groups in total. The predicted octanol–water partition coefficient (Wildman–Crippen LogP) is 5.23. The van der Waals surface area contributed by atoms with Crippen LogP contribution in [0.5, 0.6) is 16.7 Å². The molecule has 0 spiro atoms. The molecule has 9 nitrogen and oxygen atoms in total. The molecule has 182 valence electrons. The highest BCUT2D eigenvalue weighted by Gasteiger charge is 2.37. The van der Waals surface area contributed by atoms with Crippen LogP contribution < -0.4 is 14.2 Å². The minimum Gasteiger partial charge on any atom is -0.496 e. The lowest BCUT2D eigenvalue weighted by Crippen LogP contribution is -2.29. The first-order valence-electron chi connectivity index (χ1n) is 10.9. The lowest BCUT2D eigenvalue weighted by Gasteiger charge is -2.27. The monoisotopic (exact) mass is 516 g/mol. The lowest BCUT2D eigenvalue weighted by molar-refractivity contribution is -0.0117. The maximum absolute atomic E-state index is 15.2. The number of rotatable bonds is 7. The van der Waals surface area contributed by atoms with Gasteiger partial charge in [0.1, 0.15) is 34.4 Å². The van der Waals surface area contributed by atoms with Gasteiger partial charge in [-0.05, 0) is 17.4 Å². The number of halogens is 1. The third-order valence-corrected chi connectivity index (χ3v) is 7.81. The molecule has 1 fully saturated rings. The van der Waals surface area contributed by atoms with E-state index < -0.39 is 5.67 Å². The van der Waals surface area contributed by atoms with Crippen LogP contribution >= 0.6 is 22.7 Å². The molecule has 1 aliphatic heterocycles. The summed E-state index contributed by atoms with van der Waals surface area (Å²) >= 11 is 2.66. The molecule has 0 bridgehead atoms. The molecule has 4 aromatic heterocycles. The fraction of sp³-hybridized carbons (Fsp3) is 0.348. The van der Waals surface area contributed by atoms with Gasteiger partial charge in [-0.25, -0.2) is 18.9 Å². The van der Waals surface area contributed by atoms with E-state index in [-0.39, 0.29) is 6.61 Å². The van der Waals surface area contributed by atoms with Gasteiger partial charge in [-0.15, -0.1) is 16.4 Å². The molecule has 6 rings (SSSR count). The topological polar surface area (TPSA) is 93.1 Å². The van der Waals surface area contributed by atoms with E-state index in [0.29, 0.717) is 75.4 Å². The molecular weight excluding hydrogens is 495 g/mol. The zero-order chi connectivity index (χ0) is 24.0. The van der Waals surface area contributed by atoms with Gasteiger partial charge in [0.15, 0.2) is 11.4 Å². The van der Waals surface area contributed by atoms with Crippen LogP contribution in [0.1, 0.15) is 23.5 Å². The van der Waals surface area contributed by atoms with Crippen molar-refractivity contribution in [1.29, 1.82) is 0 Å². The van der Waals surface area contributed by atoms with Gasteiger partial charge in [-0.3, -0.25) is 0 Å². The maximum atomic E-state index is 15.2. The first-order chi connectivity index (χ1) is 17.0. The average molecular weight is 517 g/mol. The van der Waals surface area contributed by atoms with E-state index in [1.807, 2.05) is 11.4 Å². The third-order valence-electron chi connectivity index (χ3n) is 5.86. The molecule has 35 heavy (non-hydrogen) atoms. The lowest BCUT2D eigenvalue weighted by atomic mass is 9.97. The minimum absolute atomic E-state index is 0.190. The van der Waals surface area contributed by atoms with E-state index in [9.17, 15) is 0 Å². The van der Waals surface area contributed by atoms with Gasteiger partial charge in [-0.2, -0.15) is 0 Å². The number of aromatic nitrogens is 4. The van der Waals surface area contributed by atoms with Crippen molar-refractivity contribution in [2.75, 3.05) is 27.4 Å². The highest BCUT2D eigenvalue weighted by atomic mass is 32.1. The first-order valence-corrected chi connectivity index (χ1v) is 12.6. The van der Waals surface area contributed by atoms with Crippen LogP contribution in [-0.2, 0) is 17.0 Å². The molecule has 1 aromatic carbocycles. The van der Waals surface area contributed by atoms with Crippen molar-refractivity contribution in [1.82, 2.24) is 19.6 Å². The largest absolute Gasteiger partial charge is 0.496 e. The normalized spacial score (nSPS) is 15.6. The summed E-state index contributed by atoms with van der Waals surface area (Å²) in [6, 6.07) is 5.46. The second kappa shape index (κ2) is 8.77. The van der Waals surface area contributed by atoms with E-state index in [1.54, 1.807) is 37.1 Å². The van der Waals surface area contributed by atoms with E-state index in [4.69, 9.17) is 23.4 Å². The van der Waals surface area contributed by atoms with Crippen LogP contribution in [0.25, 0.3) is 27.4 Å². The van der Waals surface area contributed by atoms with Crippen LogP contribution in [-0.4, -0.2) is 47.0 Å². The Balaban J connectivity index is 1.27. The number of hydrogen-bond donors (Lipinski definition) is 0. The number of hydrogen-bond acceptors (Lipinski definition) is 10. The summed E-state index contributed by atoms with van der Waals surface area (Å²) in [5, 5.41) is 7.92. The number of nitrogens with zero attached hydrogens (tertiary/aromatic N) is 4. The molecule has 0 aliphatic carbocycles. The Kier molecular flexibility index (Phi) is 5.58. The summed E-state index contributed by atoms with van der Waals surface area (Å²) < 4.78 is 45.0. The quantitative estimate of drug-likeness (QED) is 0.290. The van der Waals surface area contributed by atoms with Gasteiger partial charge >= 0.3 is 0 Å². The summed E-state index contributed by atoms with van der Waals surface area (Å²) in [5.74, 6) is 1.74. The molecule has 0 atom stereocenters. The molecule has 0 unspecified atom stereocenters. The van der Waals surface area contributed by atoms with Gasteiger partial charge in [-0.1, -0.05) is 0 Å². The van der Waals surface area contributed by atoms with Crippen LogP contribution in [0.15, 0.2) is 34.2 Å². The fourth-order valence-electron chi connectivity index (χ4n) is 3.97. The molecule has 0 radical (unpaired) electrons. The molecule has 1 saturated heterocycles. The van der Waals surface area contributed by atoms with Crippen molar-refractivity contribution in [3.63, 3.8) is 0 Å². The number of fused-ring (bicyclic) bond motifs is 2. The van der Waals surface area contributed by atoms with E-state index >= 15 is 4.39 Å². The Morgan fingerprint density at radius 1 is 1.14 bits per heavy atom. The zero-order valence-corrected chi connectivity index (χ0v) is 20.6. The van der Waals surface area contributed by atoms with Gasteiger partial charge in [0.05, 0.1) is 44.7 Å². The third kappa shape index (κ3) is 4.11. The Labute approximate surface area is 207 Å². The number of thiazole rings is 1. The number of alkyl halides is 1. The fourth-order valence-corrected chi connectivity index (χ4v) is 5.62. The molecule has 12 heteroatoms. The molecular formula is C23H21FN4O5S2. The Morgan fingerprint density at radius 3 is 2.77 bits per heavy atom. The number of ether oxygens (including phenoxy) is 4. The highest BCUT2D eigenvalue weighted by molar-refractivity contribution is 7.18. The number of furan rings is 1. The first kappa shape index (κ1) is 22.3. The van der Waals surface area contributed by atoms with Crippen molar-refractivity contribution in [3.05, 3.63) is 40.5 Å². The average Bonchev–Trinajstić information content (AvgIpc) is 3.65. The van der Waals surface area contributed by atoms with Crippen LogP contribution in [0, 0.1) is 0 Å². The minimum atomic E-state index is -1.43. The number of benzene rings is 1. The Bertz CT molecular complexity index is 1470. The summed E-state index contributed by atoms with van der Waals surface area (Å²) in [5.41, 5.74) is 0.477. The Morgan fingerprint density at radius 2 is 2.00 bits per heavy atom. The summed E-state index contributed by atoms with van der Waals surface area (Å²) in [6.45, 7) is 1.01. The van der Waals surface area contributed by atoms with Gasteiger partial charge in [0.2, 0.25) is 4.96 Å². The second-order valence-electron chi connectivity index (χ2n) is 8.08. The van der Waals surface area contributed by atoms with Crippen LogP contribution in [0.2, 0.25) is 0 Å². The van der Waals surface area contributed by atoms with Crippen molar-refractivity contribution in [2.45, 2.75) is 25.1 Å². The summed E-state index contributed by atoms with van der Waals surface area (Å²) in [6.07, 6.45) is 2.43. The molecule has 0 saturated carbocycles. The van der Waals surface area contributed by atoms with Gasteiger partial charge < -0.3 is 23.4 Å². The Hall–Kier alpha value is -3.22. The number of methoxy groups -OCH3 is 2. The van der Waals surface area contributed by atoms with E-state index in [0.717, 1.165) is 5.39 Å². The van der Waals surface area contributed by atoms with Crippen LogP contribution in [0.3, 0.4) is 0 Å². The maximum Gasteiger partial charge on any atom is 0.294 e. The van der Waals surface area contributed by atoms with Gasteiger partial charge in [0.25, 0.3) is 5.19 Å². The summed E-state index contributed by atoms with van der Waals surface area (Å²) in [7, 11) is 3.15. The summed E-state index contributed by atoms with van der Waals surface area (Å²) in [4.78, 5) is 9.79. The molecule has 1 aliphatic rings. The molecule has 0 amide bonds. The SMILES string of the molecule is COc1cc(OCc2csc(C3(F)CCOCC3)n2)c2cc(-c3cn4nc(OC)sc4n3)oc2c1. The van der Waals surface area contributed by atoms with E-state index in [2.05, 4.69) is 15.1 Å². The van der Waals surface area contributed by atoms with Crippen molar-refractivity contribution >= 4 is 38.6 Å².